The number of benzene rings is 1. The van der Waals surface area contributed by atoms with E-state index in [1.807, 2.05) is 0 Å². The Balaban J connectivity index is 3.25. The second-order valence-electron chi connectivity index (χ2n) is 4.52. The molecule has 0 aliphatic rings. The van der Waals surface area contributed by atoms with Gasteiger partial charge >= 0.3 is 0 Å². The summed E-state index contributed by atoms with van der Waals surface area (Å²) in [6, 6.07) is 2.57. The minimum absolute atomic E-state index is 0.0678. The summed E-state index contributed by atoms with van der Waals surface area (Å²) in [6.45, 7) is 3.04. The van der Waals surface area contributed by atoms with E-state index in [9.17, 15) is 18.5 Å². The normalized spacial score (nSPS) is 13.4. The smallest absolute Gasteiger partial charge is 0.290 e. The first-order chi connectivity index (χ1) is 9.19. The Morgan fingerprint density at radius 2 is 2.05 bits per heavy atom. The van der Waals surface area contributed by atoms with Gasteiger partial charge in [0, 0.05) is 17.1 Å². The number of nitro groups is 1. The zero-order chi connectivity index (χ0) is 15.5. The zero-order valence-corrected chi connectivity index (χ0v) is 12.5. The van der Waals surface area contributed by atoms with Crippen molar-refractivity contribution in [2.24, 2.45) is 5.92 Å². The van der Waals surface area contributed by atoms with Crippen molar-refractivity contribution in [1.29, 1.82) is 0 Å². The van der Waals surface area contributed by atoms with Crippen LogP contribution in [0.2, 0.25) is 5.02 Å². The van der Waals surface area contributed by atoms with Crippen molar-refractivity contribution < 1.29 is 18.4 Å². The van der Waals surface area contributed by atoms with Gasteiger partial charge in [-0.15, -0.1) is 0 Å². The predicted molar refractivity (Wildman–Crippen MR) is 74.1 cm³/mol. The van der Waals surface area contributed by atoms with Gasteiger partial charge in [-0.25, -0.2) is 13.1 Å². The SMILES string of the molecule is CC(C)[C@@H](CO)NS(=O)(=O)c1ccc(Cl)cc1[N+](=O)[O-]. The van der Waals surface area contributed by atoms with E-state index in [1.165, 1.54) is 6.07 Å². The molecule has 0 saturated carbocycles. The molecule has 2 N–H and O–H groups in total. The van der Waals surface area contributed by atoms with Gasteiger partial charge in [-0.3, -0.25) is 10.1 Å². The highest BCUT2D eigenvalue weighted by Crippen LogP contribution is 2.27. The van der Waals surface area contributed by atoms with Gasteiger partial charge in [0.15, 0.2) is 4.90 Å². The van der Waals surface area contributed by atoms with E-state index in [2.05, 4.69) is 4.72 Å². The number of nitrogens with zero attached hydrogens (tertiary/aromatic N) is 1. The summed E-state index contributed by atoms with van der Waals surface area (Å²) >= 11 is 5.63. The second kappa shape index (κ2) is 6.49. The number of hydrogen-bond acceptors (Lipinski definition) is 5. The van der Waals surface area contributed by atoms with E-state index in [0.717, 1.165) is 12.1 Å². The van der Waals surface area contributed by atoms with Crippen molar-refractivity contribution in [3.05, 3.63) is 33.3 Å². The molecule has 0 bridgehead atoms. The van der Waals surface area contributed by atoms with Crippen molar-refractivity contribution in [2.45, 2.75) is 24.8 Å². The molecule has 20 heavy (non-hydrogen) atoms. The largest absolute Gasteiger partial charge is 0.395 e. The molecule has 0 saturated heterocycles. The summed E-state index contributed by atoms with van der Waals surface area (Å²) in [5, 5.41) is 20.1. The molecular weight excluding hydrogens is 308 g/mol. The summed E-state index contributed by atoms with van der Waals surface area (Å²) in [5.74, 6) is -0.166. The fraction of sp³-hybridized carbons (Fsp3) is 0.455. The molecule has 0 fully saturated rings. The van der Waals surface area contributed by atoms with Crippen LogP contribution >= 0.6 is 11.6 Å². The monoisotopic (exact) mass is 322 g/mol. The second-order valence-corrected chi connectivity index (χ2v) is 6.64. The van der Waals surface area contributed by atoms with E-state index in [1.54, 1.807) is 13.8 Å². The van der Waals surface area contributed by atoms with E-state index in [-0.39, 0.29) is 10.9 Å². The molecule has 1 atom stereocenters. The molecule has 0 radical (unpaired) electrons. The number of hydrogen-bond donors (Lipinski definition) is 2. The van der Waals surface area contributed by atoms with Crippen LogP contribution in [0.5, 0.6) is 0 Å². The maximum absolute atomic E-state index is 12.2. The van der Waals surface area contributed by atoms with Crippen LogP contribution in [0.25, 0.3) is 0 Å². The molecule has 0 aliphatic carbocycles. The lowest BCUT2D eigenvalue weighted by molar-refractivity contribution is -0.387. The van der Waals surface area contributed by atoms with E-state index >= 15 is 0 Å². The maximum atomic E-state index is 12.2. The molecular formula is C11H15ClN2O5S. The minimum Gasteiger partial charge on any atom is -0.395 e. The fourth-order valence-corrected chi connectivity index (χ4v) is 3.20. The van der Waals surface area contributed by atoms with Crippen molar-refractivity contribution >= 4 is 27.3 Å². The van der Waals surface area contributed by atoms with Crippen molar-refractivity contribution in [3.63, 3.8) is 0 Å². The molecule has 0 heterocycles. The molecule has 0 amide bonds. The summed E-state index contributed by atoms with van der Waals surface area (Å²) in [5.41, 5.74) is -0.606. The van der Waals surface area contributed by atoms with E-state index < -0.39 is 38.2 Å². The first-order valence-corrected chi connectivity index (χ1v) is 7.62. The van der Waals surface area contributed by atoms with Gasteiger partial charge in [0.25, 0.3) is 5.69 Å². The molecule has 0 unspecified atom stereocenters. The summed E-state index contributed by atoms with van der Waals surface area (Å²) in [7, 11) is -4.12. The highest BCUT2D eigenvalue weighted by atomic mass is 35.5. The third-order valence-corrected chi connectivity index (χ3v) is 4.49. The predicted octanol–water partition coefficient (Wildman–Crippen LogP) is 1.54. The van der Waals surface area contributed by atoms with Gasteiger partial charge in [0.2, 0.25) is 10.0 Å². The number of nitro benzene ring substituents is 1. The quantitative estimate of drug-likeness (QED) is 0.610. The van der Waals surface area contributed by atoms with Gasteiger partial charge in [-0.05, 0) is 18.1 Å². The molecule has 0 spiro atoms. The first kappa shape index (κ1) is 16.8. The molecule has 1 aromatic carbocycles. The van der Waals surface area contributed by atoms with E-state index in [0.29, 0.717) is 0 Å². The maximum Gasteiger partial charge on any atom is 0.290 e. The number of nitrogens with one attached hydrogen (secondary N) is 1. The number of sulfonamides is 1. The Labute approximate surface area is 121 Å². The number of aliphatic hydroxyl groups is 1. The number of rotatable bonds is 6. The standard InChI is InChI=1S/C11H15ClN2O5S/c1-7(2)9(6-15)13-20(18,19)11-4-3-8(12)5-10(11)14(16)17/h3-5,7,9,13,15H,6H2,1-2H3/t9-/m1/s1. The van der Waals surface area contributed by atoms with Crippen LogP contribution in [0.15, 0.2) is 23.1 Å². The van der Waals surface area contributed by atoms with Gasteiger partial charge < -0.3 is 5.11 Å². The lowest BCUT2D eigenvalue weighted by Gasteiger charge is -2.19. The van der Waals surface area contributed by atoms with Crippen LogP contribution in [-0.2, 0) is 10.0 Å². The van der Waals surface area contributed by atoms with Crippen LogP contribution in [0, 0.1) is 16.0 Å². The van der Waals surface area contributed by atoms with Crippen molar-refractivity contribution in [2.75, 3.05) is 6.61 Å². The van der Waals surface area contributed by atoms with Crippen molar-refractivity contribution in [1.82, 2.24) is 4.72 Å². The van der Waals surface area contributed by atoms with Crippen LogP contribution in [0.3, 0.4) is 0 Å². The Morgan fingerprint density at radius 3 is 2.50 bits per heavy atom. The zero-order valence-electron chi connectivity index (χ0n) is 10.9. The molecule has 1 rings (SSSR count). The van der Waals surface area contributed by atoms with Gasteiger partial charge in [0.05, 0.1) is 11.5 Å². The summed E-state index contributed by atoms with van der Waals surface area (Å²) in [6.07, 6.45) is 0. The first-order valence-electron chi connectivity index (χ1n) is 5.76. The number of halogens is 1. The molecule has 9 heteroatoms. The van der Waals surface area contributed by atoms with E-state index in [4.69, 9.17) is 16.7 Å². The van der Waals surface area contributed by atoms with Gasteiger partial charge in [0.1, 0.15) is 0 Å². The average Bonchev–Trinajstić information content (AvgIpc) is 2.35. The Morgan fingerprint density at radius 1 is 1.45 bits per heavy atom. The van der Waals surface area contributed by atoms with Crippen LogP contribution in [-0.4, -0.2) is 31.1 Å². The fourth-order valence-electron chi connectivity index (χ4n) is 1.51. The lowest BCUT2D eigenvalue weighted by Crippen LogP contribution is -2.41. The van der Waals surface area contributed by atoms with Gasteiger partial charge in [-0.2, -0.15) is 0 Å². The molecule has 7 nitrogen and oxygen atoms in total. The molecule has 0 aliphatic heterocycles. The minimum atomic E-state index is -4.12. The van der Waals surface area contributed by atoms with Crippen molar-refractivity contribution in [3.8, 4) is 0 Å². The Kier molecular flexibility index (Phi) is 5.46. The third kappa shape index (κ3) is 3.89. The molecule has 0 aromatic heterocycles. The Bertz CT molecular complexity index is 603. The van der Waals surface area contributed by atoms with Crippen LogP contribution in [0.1, 0.15) is 13.8 Å². The van der Waals surface area contributed by atoms with Crippen LogP contribution in [0.4, 0.5) is 5.69 Å². The Hall–Kier alpha value is -1.22. The summed E-state index contributed by atoms with van der Waals surface area (Å²) in [4.78, 5) is 9.62. The van der Waals surface area contributed by atoms with Gasteiger partial charge in [-0.1, -0.05) is 25.4 Å². The van der Waals surface area contributed by atoms with Crippen LogP contribution < -0.4 is 4.72 Å². The number of aliphatic hydroxyl groups excluding tert-OH is 1. The molecule has 112 valence electrons. The third-order valence-electron chi connectivity index (χ3n) is 2.72. The highest BCUT2D eigenvalue weighted by Gasteiger charge is 2.29. The summed E-state index contributed by atoms with van der Waals surface area (Å²) < 4.78 is 26.6. The molecule has 1 aromatic rings. The average molecular weight is 323 g/mol. The highest BCUT2D eigenvalue weighted by molar-refractivity contribution is 7.89. The topological polar surface area (TPSA) is 110 Å². The lowest BCUT2D eigenvalue weighted by atomic mass is 10.1.